The minimum Gasteiger partial charge on any atom is -0.340 e. The van der Waals surface area contributed by atoms with Gasteiger partial charge in [-0.2, -0.15) is 0 Å². The minimum absolute atomic E-state index is 0.0612. The van der Waals surface area contributed by atoms with Crippen molar-refractivity contribution in [1.82, 2.24) is 9.80 Å². The zero-order valence-corrected chi connectivity index (χ0v) is 18.7. The van der Waals surface area contributed by atoms with E-state index in [2.05, 4.69) is 60.4 Å². The molecule has 1 heterocycles. The van der Waals surface area contributed by atoms with Crippen LogP contribution in [0.1, 0.15) is 42.0 Å². The number of nitrogens with zero attached hydrogens (tertiary/aromatic N) is 2. The van der Waals surface area contributed by atoms with Gasteiger partial charge in [0.25, 0.3) is 0 Å². The molecule has 2 atom stereocenters. The molecule has 0 bridgehead atoms. The average Bonchev–Trinajstić information content (AvgIpc) is 2.83. The summed E-state index contributed by atoms with van der Waals surface area (Å²) < 4.78 is 0. The van der Waals surface area contributed by atoms with Gasteiger partial charge in [0.2, 0.25) is 5.91 Å². The van der Waals surface area contributed by atoms with E-state index in [4.69, 9.17) is 11.6 Å². The quantitative estimate of drug-likeness (QED) is 0.493. The molecule has 3 nitrogen and oxygen atoms in total. The Morgan fingerprint density at radius 1 is 0.774 bits per heavy atom. The van der Waals surface area contributed by atoms with Crippen LogP contribution in [0.4, 0.5) is 0 Å². The third kappa shape index (κ3) is 5.00. The number of halogens is 1. The van der Waals surface area contributed by atoms with E-state index in [1.54, 1.807) is 0 Å². The van der Waals surface area contributed by atoms with Crippen molar-refractivity contribution >= 4 is 17.5 Å². The number of carbonyl (C=O) groups excluding carboxylic acids is 1. The number of hydrogen-bond donors (Lipinski definition) is 0. The molecule has 31 heavy (non-hydrogen) atoms. The zero-order valence-electron chi connectivity index (χ0n) is 18.0. The Morgan fingerprint density at radius 3 is 1.84 bits per heavy atom. The smallest absolute Gasteiger partial charge is 0.230 e. The van der Waals surface area contributed by atoms with E-state index in [0.717, 1.165) is 43.2 Å². The second-order valence-corrected chi connectivity index (χ2v) is 8.53. The molecule has 0 spiro atoms. The van der Waals surface area contributed by atoms with Gasteiger partial charge < -0.3 is 4.90 Å². The van der Waals surface area contributed by atoms with Crippen LogP contribution in [0.3, 0.4) is 0 Å². The molecule has 0 unspecified atom stereocenters. The molecule has 0 N–H and O–H groups in total. The minimum atomic E-state index is -0.0612. The van der Waals surface area contributed by atoms with Crippen LogP contribution in [0.2, 0.25) is 5.02 Å². The van der Waals surface area contributed by atoms with Crippen LogP contribution in [0.5, 0.6) is 0 Å². The highest BCUT2D eigenvalue weighted by Gasteiger charge is 2.31. The number of hydrogen-bond acceptors (Lipinski definition) is 2. The molecular weight excluding hydrogens is 404 g/mol. The summed E-state index contributed by atoms with van der Waals surface area (Å²) in [5.74, 6) is 0.185. The predicted octanol–water partition coefficient (Wildman–Crippen LogP) is 5.77. The molecule has 0 aromatic heterocycles. The topological polar surface area (TPSA) is 23.6 Å². The van der Waals surface area contributed by atoms with Crippen molar-refractivity contribution in [2.45, 2.75) is 25.3 Å². The lowest BCUT2D eigenvalue weighted by molar-refractivity contribution is -0.134. The Bertz CT molecular complexity index is 967. The molecule has 4 rings (SSSR count). The highest BCUT2D eigenvalue weighted by molar-refractivity contribution is 6.30. The Morgan fingerprint density at radius 2 is 1.29 bits per heavy atom. The summed E-state index contributed by atoms with van der Waals surface area (Å²) in [4.78, 5) is 17.8. The van der Waals surface area contributed by atoms with Crippen molar-refractivity contribution in [3.8, 4) is 0 Å². The van der Waals surface area contributed by atoms with Crippen molar-refractivity contribution in [2.75, 3.05) is 26.2 Å². The lowest BCUT2D eigenvalue weighted by atomic mass is 9.94. The summed E-state index contributed by atoms with van der Waals surface area (Å²) in [5.41, 5.74) is 3.60. The van der Waals surface area contributed by atoms with Crippen molar-refractivity contribution in [3.05, 3.63) is 107 Å². The van der Waals surface area contributed by atoms with Crippen LogP contribution < -0.4 is 0 Å². The normalized spacial score (nSPS) is 16.6. The largest absolute Gasteiger partial charge is 0.340 e. The van der Waals surface area contributed by atoms with Gasteiger partial charge in [-0.15, -0.1) is 0 Å². The van der Waals surface area contributed by atoms with E-state index >= 15 is 0 Å². The van der Waals surface area contributed by atoms with E-state index < -0.39 is 0 Å². The predicted molar refractivity (Wildman–Crippen MR) is 127 cm³/mol. The second kappa shape index (κ2) is 10.1. The van der Waals surface area contributed by atoms with E-state index in [1.807, 2.05) is 41.3 Å². The maximum Gasteiger partial charge on any atom is 0.230 e. The Hall–Kier alpha value is -2.62. The average molecular weight is 433 g/mol. The highest BCUT2D eigenvalue weighted by atomic mass is 35.5. The molecule has 1 amide bonds. The molecule has 1 saturated heterocycles. The Balaban J connectivity index is 1.50. The summed E-state index contributed by atoms with van der Waals surface area (Å²) in [7, 11) is 0. The van der Waals surface area contributed by atoms with Gasteiger partial charge >= 0.3 is 0 Å². The van der Waals surface area contributed by atoms with Gasteiger partial charge in [0.1, 0.15) is 0 Å². The molecule has 3 aromatic carbocycles. The number of benzene rings is 3. The number of carbonyl (C=O) groups is 1. The molecule has 1 aliphatic heterocycles. The number of rotatable bonds is 6. The molecular formula is C27H29ClN2O. The zero-order chi connectivity index (χ0) is 21.6. The van der Waals surface area contributed by atoms with Crippen LogP contribution in [0, 0.1) is 0 Å². The number of amides is 1. The van der Waals surface area contributed by atoms with Gasteiger partial charge in [-0.1, -0.05) is 91.3 Å². The second-order valence-electron chi connectivity index (χ2n) is 8.10. The van der Waals surface area contributed by atoms with Crippen LogP contribution in [-0.2, 0) is 4.79 Å². The van der Waals surface area contributed by atoms with E-state index in [-0.39, 0.29) is 17.9 Å². The SMILES string of the molecule is CC[C@H](C(=O)N1CCN([C@H](c2ccccc2)c2ccc(Cl)cc2)CC1)c1ccccc1. The molecule has 4 heteroatoms. The van der Waals surface area contributed by atoms with Gasteiger partial charge in [-0.25, -0.2) is 0 Å². The fourth-order valence-electron chi connectivity index (χ4n) is 4.55. The van der Waals surface area contributed by atoms with Gasteiger partial charge in [-0.05, 0) is 35.2 Å². The maximum absolute atomic E-state index is 13.3. The summed E-state index contributed by atoms with van der Waals surface area (Å²) in [6.07, 6.45) is 0.820. The lowest BCUT2D eigenvalue weighted by Crippen LogP contribution is -2.51. The van der Waals surface area contributed by atoms with Crippen molar-refractivity contribution < 1.29 is 4.79 Å². The molecule has 0 aliphatic carbocycles. The van der Waals surface area contributed by atoms with Crippen LogP contribution >= 0.6 is 11.6 Å². The van der Waals surface area contributed by atoms with Gasteiger partial charge in [0.05, 0.1) is 12.0 Å². The standard InChI is InChI=1S/C27H29ClN2O/c1-2-25(21-9-5-3-6-10-21)27(31)30-19-17-29(18-20-30)26(22-11-7-4-8-12-22)23-13-15-24(28)16-14-23/h3-16,25-26H,2,17-20H2,1H3/t25-,26+/m0/s1. The third-order valence-corrected chi connectivity index (χ3v) is 6.45. The van der Waals surface area contributed by atoms with Gasteiger partial charge in [0, 0.05) is 31.2 Å². The summed E-state index contributed by atoms with van der Waals surface area (Å²) in [5, 5.41) is 0.748. The molecule has 1 aliphatic rings. The monoisotopic (exact) mass is 432 g/mol. The Kier molecular flexibility index (Phi) is 7.06. The first-order valence-corrected chi connectivity index (χ1v) is 11.4. The Labute approximate surface area is 190 Å². The number of piperazine rings is 1. The summed E-state index contributed by atoms with van der Waals surface area (Å²) in [6.45, 7) is 5.29. The first-order valence-electron chi connectivity index (χ1n) is 11.1. The lowest BCUT2D eigenvalue weighted by Gasteiger charge is -2.40. The van der Waals surface area contributed by atoms with Gasteiger partial charge in [0.15, 0.2) is 0 Å². The van der Waals surface area contributed by atoms with Crippen LogP contribution in [-0.4, -0.2) is 41.9 Å². The van der Waals surface area contributed by atoms with Crippen molar-refractivity contribution in [3.63, 3.8) is 0 Å². The molecule has 3 aromatic rings. The first-order chi connectivity index (χ1) is 15.2. The fraction of sp³-hybridized carbons (Fsp3) is 0.296. The summed E-state index contributed by atoms with van der Waals surface area (Å²) in [6, 6.07) is 29.0. The molecule has 0 saturated carbocycles. The highest BCUT2D eigenvalue weighted by Crippen LogP contribution is 2.31. The van der Waals surface area contributed by atoms with Gasteiger partial charge in [-0.3, -0.25) is 9.69 Å². The molecule has 0 radical (unpaired) electrons. The first kappa shape index (κ1) is 21.6. The summed E-state index contributed by atoms with van der Waals surface area (Å²) >= 11 is 6.14. The van der Waals surface area contributed by atoms with E-state index in [9.17, 15) is 4.79 Å². The van der Waals surface area contributed by atoms with Crippen molar-refractivity contribution in [1.29, 1.82) is 0 Å². The molecule has 1 fully saturated rings. The van der Waals surface area contributed by atoms with E-state index in [0.29, 0.717) is 0 Å². The van der Waals surface area contributed by atoms with Crippen LogP contribution in [0.25, 0.3) is 0 Å². The molecule has 160 valence electrons. The maximum atomic E-state index is 13.3. The fourth-order valence-corrected chi connectivity index (χ4v) is 4.68. The van der Waals surface area contributed by atoms with Crippen LogP contribution in [0.15, 0.2) is 84.9 Å². The van der Waals surface area contributed by atoms with E-state index in [1.165, 1.54) is 11.1 Å². The third-order valence-electron chi connectivity index (χ3n) is 6.20. The van der Waals surface area contributed by atoms with Crippen molar-refractivity contribution in [2.24, 2.45) is 0 Å².